The van der Waals surface area contributed by atoms with E-state index >= 15 is 0 Å². The van der Waals surface area contributed by atoms with Crippen molar-refractivity contribution in [1.29, 1.82) is 0 Å². The molecule has 0 aromatic carbocycles. The Morgan fingerprint density at radius 1 is 1.47 bits per heavy atom. The Morgan fingerprint density at radius 2 is 2.27 bits per heavy atom. The molecule has 1 N–H and O–H groups in total. The van der Waals surface area contributed by atoms with Crippen molar-refractivity contribution >= 4 is 5.78 Å². The number of nitrogens with one attached hydrogen (secondary N) is 1. The fourth-order valence-electron chi connectivity index (χ4n) is 2.09. The van der Waals surface area contributed by atoms with Gasteiger partial charge in [-0.3, -0.25) is 4.79 Å². The van der Waals surface area contributed by atoms with Gasteiger partial charge in [0.25, 0.3) is 0 Å². The minimum absolute atomic E-state index is 0.299. The lowest BCUT2D eigenvalue weighted by Gasteiger charge is -2.22. The predicted octanol–water partition coefficient (Wildman–Crippen LogP) is 2.69. The minimum Gasteiger partial charge on any atom is -0.317 e. The number of carbonyl (C=O) groups is 1. The second-order valence-electron chi connectivity index (χ2n) is 4.53. The average molecular weight is 209 g/mol. The summed E-state index contributed by atoms with van der Waals surface area (Å²) >= 11 is 0. The number of Topliss-reactive ketones (excluding diaryl/α,β-unsaturated/α-hetero) is 1. The van der Waals surface area contributed by atoms with Crippen molar-refractivity contribution in [1.82, 2.24) is 5.32 Å². The third kappa shape index (κ3) is 4.61. The van der Waals surface area contributed by atoms with Crippen molar-refractivity contribution in [2.75, 3.05) is 13.1 Å². The van der Waals surface area contributed by atoms with Crippen LogP contribution in [0.15, 0.2) is 12.2 Å². The summed E-state index contributed by atoms with van der Waals surface area (Å²) in [4.78, 5) is 11.4. The third-order valence-electron chi connectivity index (χ3n) is 3.12. The fraction of sp³-hybridized carbons (Fsp3) is 0.769. The Balaban J connectivity index is 2.07. The van der Waals surface area contributed by atoms with E-state index in [2.05, 4.69) is 18.8 Å². The van der Waals surface area contributed by atoms with Crippen LogP contribution in [-0.2, 0) is 4.79 Å². The lowest BCUT2D eigenvalue weighted by Crippen LogP contribution is -2.20. The van der Waals surface area contributed by atoms with Gasteiger partial charge in [-0.05, 0) is 56.7 Å². The predicted molar refractivity (Wildman–Crippen MR) is 63.9 cm³/mol. The summed E-state index contributed by atoms with van der Waals surface area (Å²) in [7, 11) is 0. The smallest absolute Gasteiger partial charge is 0.158 e. The molecule has 1 fully saturated rings. The highest BCUT2D eigenvalue weighted by Gasteiger charge is 2.21. The first-order valence-corrected chi connectivity index (χ1v) is 6.15. The summed E-state index contributed by atoms with van der Waals surface area (Å²) in [5.41, 5.74) is 0.843. The van der Waals surface area contributed by atoms with Gasteiger partial charge in [0.1, 0.15) is 0 Å². The number of hydrogen-bond acceptors (Lipinski definition) is 2. The van der Waals surface area contributed by atoms with Crippen LogP contribution in [0, 0.1) is 5.92 Å². The molecule has 15 heavy (non-hydrogen) atoms. The van der Waals surface area contributed by atoms with E-state index < -0.39 is 0 Å². The molecular formula is C13H23NO. The summed E-state index contributed by atoms with van der Waals surface area (Å²) in [5, 5.41) is 3.39. The third-order valence-corrected chi connectivity index (χ3v) is 3.12. The topological polar surface area (TPSA) is 29.1 Å². The maximum absolute atomic E-state index is 11.4. The first-order chi connectivity index (χ1) is 7.24. The SMILES string of the molecule is C=C1CC[C@H](CCCNCCC)CC1=O. The molecule has 0 radical (unpaired) electrons. The van der Waals surface area contributed by atoms with Gasteiger partial charge in [-0.25, -0.2) is 0 Å². The molecule has 2 nitrogen and oxygen atoms in total. The second-order valence-corrected chi connectivity index (χ2v) is 4.53. The van der Waals surface area contributed by atoms with Crippen LogP contribution in [0.2, 0.25) is 0 Å². The Labute approximate surface area is 93.1 Å². The molecule has 0 spiro atoms. The van der Waals surface area contributed by atoms with Crippen LogP contribution in [0.5, 0.6) is 0 Å². The van der Waals surface area contributed by atoms with Gasteiger partial charge in [0, 0.05) is 6.42 Å². The molecule has 0 unspecified atom stereocenters. The van der Waals surface area contributed by atoms with E-state index in [0.717, 1.165) is 31.5 Å². The molecule has 1 aliphatic rings. The van der Waals surface area contributed by atoms with Gasteiger partial charge in [-0.2, -0.15) is 0 Å². The molecule has 0 aliphatic heterocycles. The molecule has 0 saturated heterocycles. The number of hydrogen-bond donors (Lipinski definition) is 1. The molecule has 1 rings (SSSR count). The van der Waals surface area contributed by atoms with E-state index in [0.29, 0.717) is 11.7 Å². The molecule has 86 valence electrons. The summed E-state index contributed by atoms with van der Waals surface area (Å²) in [6.45, 7) is 8.18. The highest BCUT2D eigenvalue weighted by molar-refractivity contribution is 5.95. The van der Waals surface area contributed by atoms with Gasteiger partial charge in [-0.15, -0.1) is 0 Å². The Morgan fingerprint density at radius 3 is 2.93 bits per heavy atom. The Kier molecular flexibility index (Phi) is 5.62. The summed E-state index contributed by atoms with van der Waals surface area (Å²) in [5.74, 6) is 0.916. The standard InChI is InChI=1S/C13H23NO/c1-3-8-14-9-4-5-12-7-6-11(2)13(15)10-12/h12,14H,2-10H2,1H3/t12-/m0/s1. The lowest BCUT2D eigenvalue weighted by atomic mass is 9.83. The zero-order valence-corrected chi connectivity index (χ0v) is 9.85. The van der Waals surface area contributed by atoms with Crippen LogP contribution in [0.3, 0.4) is 0 Å². The maximum atomic E-state index is 11.4. The molecule has 0 aromatic heterocycles. The molecule has 0 heterocycles. The number of carbonyl (C=O) groups excluding carboxylic acids is 1. The maximum Gasteiger partial charge on any atom is 0.158 e. The zero-order valence-electron chi connectivity index (χ0n) is 9.85. The summed E-state index contributed by atoms with van der Waals surface area (Å²) in [6, 6.07) is 0. The van der Waals surface area contributed by atoms with Gasteiger partial charge >= 0.3 is 0 Å². The van der Waals surface area contributed by atoms with E-state index in [4.69, 9.17) is 0 Å². The zero-order chi connectivity index (χ0) is 11.1. The van der Waals surface area contributed by atoms with Gasteiger partial charge in [0.2, 0.25) is 0 Å². The average Bonchev–Trinajstić information content (AvgIpc) is 2.23. The fourth-order valence-corrected chi connectivity index (χ4v) is 2.09. The van der Waals surface area contributed by atoms with Gasteiger partial charge in [0.15, 0.2) is 5.78 Å². The molecule has 0 amide bonds. The quantitative estimate of drug-likeness (QED) is 0.538. The molecule has 0 bridgehead atoms. The van der Waals surface area contributed by atoms with Crippen LogP contribution < -0.4 is 5.32 Å². The van der Waals surface area contributed by atoms with E-state index in [-0.39, 0.29) is 0 Å². The summed E-state index contributed by atoms with van der Waals surface area (Å²) < 4.78 is 0. The van der Waals surface area contributed by atoms with Crippen LogP contribution in [0.25, 0.3) is 0 Å². The van der Waals surface area contributed by atoms with Crippen molar-refractivity contribution in [2.24, 2.45) is 5.92 Å². The number of rotatable bonds is 6. The van der Waals surface area contributed by atoms with Crippen molar-refractivity contribution < 1.29 is 4.79 Å². The van der Waals surface area contributed by atoms with Crippen molar-refractivity contribution in [3.8, 4) is 0 Å². The highest BCUT2D eigenvalue weighted by Crippen LogP contribution is 2.27. The first kappa shape index (κ1) is 12.4. The minimum atomic E-state index is 0.299. The summed E-state index contributed by atoms with van der Waals surface area (Å²) in [6.07, 6.45) is 6.42. The second kappa shape index (κ2) is 6.78. The monoisotopic (exact) mass is 209 g/mol. The number of allylic oxidation sites excluding steroid dienone is 1. The largest absolute Gasteiger partial charge is 0.317 e. The normalized spacial score (nSPS) is 22.1. The van der Waals surface area contributed by atoms with Crippen LogP contribution in [0.4, 0.5) is 0 Å². The highest BCUT2D eigenvalue weighted by atomic mass is 16.1. The first-order valence-electron chi connectivity index (χ1n) is 6.15. The molecule has 2 heteroatoms. The van der Waals surface area contributed by atoms with Crippen LogP contribution in [-0.4, -0.2) is 18.9 Å². The van der Waals surface area contributed by atoms with E-state index in [9.17, 15) is 4.79 Å². The van der Waals surface area contributed by atoms with Crippen LogP contribution in [0.1, 0.15) is 45.4 Å². The molecule has 1 atom stereocenters. The molecule has 1 aliphatic carbocycles. The number of ketones is 1. The van der Waals surface area contributed by atoms with Crippen molar-refractivity contribution in [3.63, 3.8) is 0 Å². The van der Waals surface area contributed by atoms with E-state index in [1.54, 1.807) is 0 Å². The lowest BCUT2D eigenvalue weighted by molar-refractivity contribution is -0.117. The Hall–Kier alpha value is -0.630. The van der Waals surface area contributed by atoms with Gasteiger partial charge < -0.3 is 5.32 Å². The van der Waals surface area contributed by atoms with Crippen molar-refractivity contribution in [3.05, 3.63) is 12.2 Å². The van der Waals surface area contributed by atoms with Crippen molar-refractivity contribution in [2.45, 2.75) is 45.4 Å². The van der Waals surface area contributed by atoms with Gasteiger partial charge in [-0.1, -0.05) is 13.5 Å². The molecule has 1 saturated carbocycles. The van der Waals surface area contributed by atoms with E-state index in [1.807, 2.05) is 0 Å². The van der Waals surface area contributed by atoms with Crippen LogP contribution >= 0.6 is 0 Å². The molecule has 0 aromatic rings. The Bertz CT molecular complexity index is 223. The van der Waals surface area contributed by atoms with E-state index in [1.165, 1.54) is 25.7 Å². The van der Waals surface area contributed by atoms with Gasteiger partial charge in [0.05, 0.1) is 0 Å². The molecular weight excluding hydrogens is 186 g/mol.